The maximum Gasteiger partial charge on any atom is 0.251 e. The minimum Gasteiger partial charge on any atom is -0.368 e. The molecule has 9 heteroatoms. The number of likely N-dealkylation sites (N-methyl/N-ethyl adjacent to an activating group) is 1. The Morgan fingerprint density at radius 2 is 2.03 bits per heavy atom. The van der Waals surface area contributed by atoms with E-state index in [0.717, 1.165) is 30.8 Å². The summed E-state index contributed by atoms with van der Waals surface area (Å²) in [7, 11) is 1.90. The molecule has 1 aromatic heterocycles. The highest BCUT2D eigenvalue weighted by Crippen LogP contribution is 2.34. The number of nitrogens with zero attached hydrogens (tertiary/aromatic N) is 4. The summed E-state index contributed by atoms with van der Waals surface area (Å²) in [5.74, 6) is 1.47. The SMILES string of the molecule is Cc1nc(NC2CN(C(=O)C3CCCCO3)C2)nc2c1NC(=O)[C@H](C(C)C)N2C. The van der Waals surface area contributed by atoms with Gasteiger partial charge in [-0.15, -0.1) is 0 Å². The van der Waals surface area contributed by atoms with Crippen LogP contribution >= 0.6 is 0 Å². The fraction of sp³-hybridized carbons (Fsp3) is 0.700. The predicted molar refractivity (Wildman–Crippen MR) is 110 cm³/mol. The predicted octanol–water partition coefficient (Wildman–Crippen LogP) is 1.39. The average molecular weight is 402 g/mol. The van der Waals surface area contributed by atoms with E-state index in [0.29, 0.717) is 31.3 Å². The standard InChI is InChI=1S/C20H30N6O3/c1-11(2)16-18(27)23-15-12(3)21-20(24-17(15)25(16)4)22-13-9-26(10-13)19(28)14-7-5-6-8-29-14/h11,13-14,16H,5-10H2,1-4H3,(H,23,27)(H,21,22,24)/t14?,16-/m0/s1. The van der Waals surface area contributed by atoms with Crippen LogP contribution < -0.4 is 15.5 Å². The third kappa shape index (κ3) is 3.75. The van der Waals surface area contributed by atoms with Crippen molar-refractivity contribution in [2.24, 2.45) is 5.92 Å². The molecular weight excluding hydrogens is 372 g/mol. The Hall–Kier alpha value is -2.42. The molecule has 0 saturated carbocycles. The number of carbonyl (C=O) groups excluding carboxylic acids is 2. The van der Waals surface area contributed by atoms with Crippen molar-refractivity contribution in [1.82, 2.24) is 14.9 Å². The quantitative estimate of drug-likeness (QED) is 0.785. The van der Waals surface area contributed by atoms with Crippen LogP contribution in [-0.4, -0.2) is 71.6 Å². The minimum atomic E-state index is -0.280. The number of fused-ring (bicyclic) bond motifs is 1. The Morgan fingerprint density at radius 1 is 1.28 bits per heavy atom. The number of carbonyl (C=O) groups is 2. The fourth-order valence-electron chi connectivity index (χ4n) is 4.35. The Labute approximate surface area is 171 Å². The second-order valence-electron chi connectivity index (χ2n) is 8.56. The summed E-state index contributed by atoms with van der Waals surface area (Å²) in [5.41, 5.74) is 1.39. The number of aromatic nitrogens is 2. The van der Waals surface area contributed by atoms with Crippen LogP contribution in [-0.2, 0) is 14.3 Å². The van der Waals surface area contributed by atoms with E-state index in [1.54, 1.807) is 0 Å². The third-order valence-corrected chi connectivity index (χ3v) is 5.95. The summed E-state index contributed by atoms with van der Waals surface area (Å²) >= 11 is 0. The highest BCUT2D eigenvalue weighted by Gasteiger charge is 2.38. The van der Waals surface area contributed by atoms with Crippen LogP contribution in [0.15, 0.2) is 0 Å². The highest BCUT2D eigenvalue weighted by atomic mass is 16.5. The van der Waals surface area contributed by atoms with E-state index in [-0.39, 0.29) is 35.9 Å². The molecule has 1 aromatic rings. The third-order valence-electron chi connectivity index (χ3n) is 5.95. The van der Waals surface area contributed by atoms with Crippen molar-refractivity contribution in [1.29, 1.82) is 0 Å². The molecule has 3 aliphatic heterocycles. The monoisotopic (exact) mass is 402 g/mol. The van der Waals surface area contributed by atoms with Gasteiger partial charge < -0.3 is 25.2 Å². The van der Waals surface area contributed by atoms with Crippen LogP contribution in [0.3, 0.4) is 0 Å². The van der Waals surface area contributed by atoms with Gasteiger partial charge in [0.25, 0.3) is 5.91 Å². The maximum atomic E-state index is 12.5. The first-order chi connectivity index (χ1) is 13.8. The summed E-state index contributed by atoms with van der Waals surface area (Å²) in [6, 6.07) is -0.152. The van der Waals surface area contributed by atoms with Crippen LogP contribution in [0, 0.1) is 12.8 Å². The van der Waals surface area contributed by atoms with Crippen LogP contribution in [0.1, 0.15) is 38.8 Å². The molecule has 9 nitrogen and oxygen atoms in total. The number of hydrogen-bond donors (Lipinski definition) is 2. The van der Waals surface area contributed by atoms with E-state index >= 15 is 0 Å². The summed E-state index contributed by atoms with van der Waals surface area (Å²) in [4.78, 5) is 37.9. The molecule has 4 rings (SSSR count). The van der Waals surface area contributed by atoms with Gasteiger partial charge in [-0.2, -0.15) is 4.98 Å². The molecule has 2 atom stereocenters. The van der Waals surface area contributed by atoms with E-state index in [4.69, 9.17) is 4.74 Å². The molecule has 1 unspecified atom stereocenters. The van der Waals surface area contributed by atoms with Crippen molar-refractivity contribution in [3.8, 4) is 0 Å². The topological polar surface area (TPSA) is 99.7 Å². The van der Waals surface area contributed by atoms with Crippen LogP contribution in [0.4, 0.5) is 17.5 Å². The van der Waals surface area contributed by atoms with Gasteiger partial charge in [0.15, 0.2) is 5.82 Å². The van der Waals surface area contributed by atoms with Gasteiger partial charge in [-0.3, -0.25) is 9.59 Å². The van der Waals surface area contributed by atoms with Gasteiger partial charge in [0.05, 0.1) is 11.7 Å². The van der Waals surface area contributed by atoms with Crippen molar-refractivity contribution in [3.63, 3.8) is 0 Å². The normalized spacial score (nSPS) is 24.8. The molecule has 2 amide bonds. The minimum absolute atomic E-state index is 0.0273. The zero-order chi connectivity index (χ0) is 20.7. The lowest BCUT2D eigenvalue weighted by molar-refractivity contribution is -0.150. The zero-order valence-corrected chi connectivity index (χ0v) is 17.6. The van der Waals surface area contributed by atoms with Crippen LogP contribution in [0.5, 0.6) is 0 Å². The number of ether oxygens (including phenoxy) is 1. The first-order valence-electron chi connectivity index (χ1n) is 10.4. The zero-order valence-electron chi connectivity index (χ0n) is 17.6. The lowest BCUT2D eigenvalue weighted by atomic mass is 9.99. The number of nitrogens with one attached hydrogen (secondary N) is 2. The Bertz CT molecular complexity index is 802. The van der Waals surface area contributed by atoms with Crippen molar-refractivity contribution in [2.45, 2.75) is 58.2 Å². The van der Waals surface area contributed by atoms with Crippen molar-refractivity contribution < 1.29 is 14.3 Å². The van der Waals surface area contributed by atoms with E-state index in [2.05, 4.69) is 20.6 Å². The molecule has 2 N–H and O–H groups in total. The number of rotatable bonds is 4. The number of aryl methyl sites for hydroxylation is 1. The number of amides is 2. The molecule has 0 bridgehead atoms. The number of hydrogen-bond acceptors (Lipinski definition) is 7. The average Bonchev–Trinajstić information content (AvgIpc) is 2.65. The van der Waals surface area contributed by atoms with Crippen molar-refractivity contribution in [3.05, 3.63) is 5.69 Å². The Balaban J connectivity index is 1.42. The first-order valence-corrected chi connectivity index (χ1v) is 10.4. The molecule has 0 spiro atoms. The molecule has 0 radical (unpaired) electrons. The van der Waals surface area contributed by atoms with Gasteiger partial charge in [-0.25, -0.2) is 4.98 Å². The fourth-order valence-corrected chi connectivity index (χ4v) is 4.35. The second kappa shape index (κ2) is 7.78. The van der Waals surface area contributed by atoms with Gasteiger partial charge in [-0.05, 0) is 32.1 Å². The molecule has 29 heavy (non-hydrogen) atoms. The Morgan fingerprint density at radius 3 is 2.69 bits per heavy atom. The number of anilines is 3. The van der Waals surface area contributed by atoms with Crippen molar-refractivity contribution in [2.75, 3.05) is 42.3 Å². The van der Waals surface area contributed by atoms with Gasteiger partial charge in [-0.1, -0.05) is 13.8 Å². The summed E-state index contributed by atoms with van der Waals surface area (Å²) in [6.45, 7) is 7.84. The first kappa shape index (κ1) is 19.9. The highest BCUT2D eigenvalue weighted by molar-refractivity contribution is 6.03. The molecule has 0 aliphatic carbocycles. The van der Waals surface area contributed by atoms with Crippen LogP contribution in [0.25, 0.3) is 0 Å². The summed E-state index contributed by atoms with van der Waals surface area (Å²) < 4.78 is 5.60. The lowest BCUT2D eigenvalue weighted by Crippen LogP contribution is -2.60. The summed E-state index contributed by atoms with van der Waals surface area (Å²) in [5, 5.41) is 6.29. The second-order valence-corrected chi connectivity index (χ2v) is 8.56. The molecule has 2 saturated heterocycles. The maximum absolute atomic E-state index is 12.5. The van der Waals surface area contributed by atoms with E-state index in [1.165, 1.54) is 0 Å². The molecule has 3 aliphatic rings. The van der Waals surface area contributed by atoms with Gasteiger partial charge >= 0.3 is 0 Å². The Kier molecular flexibility index (Phi) is 5.33. The van der Waals surface area contributed by atoms with Crippen LogP contribution in [0.2, 0.25) is 0 Å². The van der Waals surface area contributed by atoms with E-state index in [9.17, 15) is 9.59 Å². The lowest BCUT2D eigenvalue weighted by Gasteiger charge is -2.42. The molecule has 4 heterocycles. The molecule has 0 aromatic carbocycles. The van der Waals surface area contributed by atoms with E-state index < -0.39 is 0 Å². The van der Waals surface area contributed by atoms with E-state index in [1.807, 2.05) is 37.6 Å². The molecular formula is C20H30N6O3. The van der Waals surface area contributed by atoms with Gasteiger partial charge in [0, 0.05) is 26.7 Å². The number of likely N-dealkylation sites (tertiary alicyclic amines) is 1. The van der Waals surface area contributed by atoms with Crippen molar-refractivity contribution >= 4 is 29.3 Å². The van der Waals surface area contributed by atoms with Gasteiger partial charge in [0.1, 0.15) is 17.8 Å². The molecule has 158 valence electrons. The smallest absolute Gasteiger partial charge is 0.251 e. The largest absolute Gasteiger partial charge is 0.368 e. The van der Waals surface area contributed by atoms with Gasteiger partial charge in [0.2, 0.25) is 11.9 Å². The summed E-state index contributed by atoms with van der Waals surface area (Å²) in [6.07, 6.45) is 2.62. The molecule has 2 fully saturated rings.